The summed E-state index contributed by atoms with van der Waals surface area (Å²) in [5.74, 6) is 1.91. The number of anilines is 2. The average molecular weight is 659 g/mol. The monoisotopic (exact) mass is 658 g/mol. The summed E-state index contributed by atoms with van der Waals surface area (Å²) in [6, 6.07) is 14.0. The molecule has 3 aromatic carbocycles. The van der Waals surface area contributed by atoms with E-state index in [0.717, 1.165) is 28.1 Å². The molecule has 1 aliphatic heterocycles. The van der Waals surface area contributed by atoms with Crippen molar-refractivity contribution < 1.29 is 28.5 Å². The fourth-order valence-corrected chi connectivity index (χ4v) is 6.68. The minimum atomic E-state index is -0.621. The summed E-state index contributed by atoms with van der Waals surface area (Å²) in [5.41, 5.74) is 4.20. The maximum Gasteiger partial charge on any atom is 0.245 e. The van der Waals surface area contributed by atoms with Crippen LogP contribution in [0.4, 0.5) is 11.4 Å². The normalized spacial score (nSPS) is 16.2. The topological polar surface area (TPSA) is 119 Å². The lowest BCUT2D eigenvalue weighted by atomic mass is 9.95. The van der Waals surface area contributed by atoms with Crippen molar-refractivity contribution in [3.05, 3.63) is 69.9 Å². The first-order chi connectivity index (χ1) is 23.1. The summed E-state index contributed by atoms with van der Waals surface area (Å²) in [7, 11) is 6.34. The van der Waals surface area contributed by atoms with Crippen LogP contribution in [-0.4, -0.2) is 77.4 Å². The van der Waals surface area contributed by atoms with Crippen molar-refractivity contribution in [2.45, 2.75) is 45.7 Å². The van der Waals surface area contributed by atoms with Gasteiger partial charge in [0.2, 0.25) is 23.0 Å². The van der Waals surface area contributed by atoms with Gasteiger partial charge in [0, 0.05) is 44.4 Å². The van der Waals surface area contributed by atoms with Gasteiger partial charge in [-0.3, -0.25) is 14.4 Å². The summed E-state index contributed by atoms with van der Waals surface area (Å²) < 4.78 is 22.5. The van der Waals surface area contributed by atoms with Gasteiger partial charge in [0.25, 0.3) is 0 Å². The number of rotatable bonds is 10. The van der Waals surface area contributed by atoms with E-state index in [1.54, 1.807) is 40.6 Å². The maximum absolute atomic E-state index is 13.9. The SMILES string of the molecule is COc1ccc(N2CCN(C(=O)[C@H](Nc3ccc4c(cc3=O)[C@H](NC(C)=O)CCc3cc(OC)c(OC)c(OC)c3-4)C(C)C)CC2)cc1. The van der Waals surface area contributed by atoms with Gasteiger partial charge in [0.05, 0.1) is 40.2 Å². The Balaban J connectivity index is 1.48. The number of methoxy groups -OCH3 is 4. The molecule has 2 N–H and O–H groups in total. The van der Waals surface area contributed by atoms with E-state index in [1.165, 1.54) is 6.92 Å². The standard InChI is InChI=1S/C37H46N4O7/c1-22(2)34(37(44)41-18-16-40(17-19-41)25-9-11-26(45-4)12-10-25)39-30-15-13-27-28(21-31(30)43)29(38-23(3)42)14-8-24-20-32(46-5)35(47-6)36(48-7)33(24)27/h9-13,15,20-22,29,34H,8,14,16-19H2,1-7H3,(H,38,42)(H,39,43)/t29-,34-/m1/s1. The minimum absolute atomic E-state index is 0.0492. The molecule has 2 amide bonds. The molecule has 1 aliphatic carbocycles. The highest BCUT2D eigenvalue weighted by molar-refractivity contribution is 5.86. The Morgan fingerprint density at radius 3 is 2.12 bits per heavy atom. The van der Waals surface area contributed by atoms with Gasteiger partial charge in [-0.15, -0.1) is 0 Å². The van der Waals surface area contributed by atoms with E-state index >= 15 is 0 Å². The van der Waals surface area contributed by atoms with Gasteiger partial charge in [0.1, 0.15) is 11.8 Å². The second-order valence-electron chi connectivity index (χ2n) is 12.5. The number of carbonyl (C=O) groups excluding carboxylic acids is 2. The second-order valence-corrected chi connectivity index (χ2v) is 12.5. The van der Waals surface area contributed by atoms with Gasteiger partial charge >= 0.3 is 0 Å². The highest BCUT2D eigenvalue weighted by Gasteiger charge is 2.32. The van der Waals surface area contributed by atoms with Crippen LogP contribution >= 0.6 is 0 Å². The molecule has 1 heterocycles. The number of benzene rings is 2. The molecule has 1 fully saturated rings. The molecule has 0 unspecified atom stereocenters. The van der Waals surface area contributed by atoms with Gasteiger partial charge < -0.3 is 39.4 Å². The van der Waals surface area contributed by atoms with Gasteiger partial charge in [0.15, 0.2) is 11.5 Å². The van der Waals surface area contributed by atoms with Crippen LogP contribution in [0.15, 0.2) is 53.3 Å². The van der Waals surface area contributed by atoms with Crippen LogP contribution in [0.2, 0.25) is 0 Å². The number of ether oxygens (including phenoxy) is 4. The molecular weight excluding hydrogens is 612 g/mol. The smallest absolute Gasteiger partial charge is 0.245 e. The molecule has 11 nitrogen and oxygen atoms in total. The Hall–Kier alpha value is -4.93. The summed E-state index contributed by atoms with van der Waals surface area (Å²) in [5, 5.41) is 6.35. The number of fused-ring (bicyclic) bond motifs is 3. The van der Waals surface area contributed by atoms with Crippen LogP contribution in [-0.2, 0) is 16.0 Å². The summed E-state index contributed by atoms with van der Waals surface area (Å²) in [6.45, 7) is 7.94. The van der Waals surface area contributed by atoms with Gasteiger partial charge in [-0.05, 0) is 77.9 Å². The maximum atomic E-state index is 13.9. The van der Waals surface area contributed by atoms with E-state index in [9.17, 15) is 14.4 Å². The number of piperazine rings is 1. The number of nitrogens with one attached hydrogen (secondary N) is 2. The molecule has 0 saturated carbocycles. The van der Waals surface area contributed by atoms with E-state index in [1.807, 2.05) is 55.1 Å². The molecule has 5 rings (SSSR count). The van der Waals surface area contributed by atoms with Crippen molar-refractivity contribution in [2.75, 3.05) is 64.8 Å². The lowest BCUT2D eigenvalue weighted by molar-refractivity contribution is -0.133. The van der Waals surface area contributed by atoms with E-state index in [4.69, 9.17) is 18.9 Å². The number of hydrogen-bond donors (Lipinski definition) is 2. The summed E-state index contributed by atoms with van der Waals surface area (Å²) in [4.78, 5) is 44.3. The molecule has 1 saturated heterocycles. The highest BCUT2D eigenvalue weighted by atomic mass is 16.5. The predicted octanol–water partition coefficient (Wildman–Crippen LogP) is 4.66. The fourth-order valence-electron chi connectivity index (χ4n) is 6.68. The van der Waals surface area contributed by atoms with E-state index in [0.29, 0.717) is 67.5 Å². The number of amides is 2. The molecule has 48 heavy (non-hydrogen) atoms. The predicted molar refractivity (Wildman–Crippen MR) is 187 cm³/mol. The molecule has 0 spiro atoms. The molecule has 2 aliphatic rings. The molecular formula is C37H46N4O7. The third-order valence-corrected chi connectivity index (χ3v) is 9.19. The Labute approximate surface area is 282 Å². The van der Waals surface area contributed by atoms with Crippen molar-refractivity contribution >= 4 is 23.2 Å². The van der Waals surface area contributed by atoms with E-state index < -0.39 is 12.1 Å². The lowest BCUT2D eigenvalue weighted by Gasteiger charge is -2.38. The quantitative estimate of drug-likeness (QED) is 0.321. The average Bonchev–Trinajstić information content (AvgIpc) is 3.33. The minimum Gasteiger partial charge on any atom is -0.497 e. The molecule has 2 atom stereocenters. The zero-order chi connectivity index (χ0) is 34.5. The van der Waals surface area contributed by atoms with Crippen molar-refractivity contribution in [2.24, 2.45) is 5.92 Å². The Bertz CT molecular complexity index is 1700. The van der Waals surface area contributed by atoms with E-state index in [2.05, 4.69) is 15.5 Å². The van der Waals surface area contributed by atoms with E-state index in [-0.39, 0.29) is 23.2 Å². The molecule has 0 aromatic heterocycles. The van der Waals surface area contributed by atoms with Crippen molar-refractivity contribution in [3.63, 3.8) is 0 Å². The van der Waals surface area contributed by atoms with Crippen LogP contribution in [0.3, 0.4) is 0 Å². The summed E-state index contributed by atoms with van der Waals surface area (Å²) >= 11 is 0. The second kappa shape index (κ2) is 14.9. The number of aryl methyl sites for hydroxylation is 1. The molecule has 0 bridgehead atoms. The summed E-state index contributed by atoms with van der Waals surface area (Å²) in [6.07, 6.45) is 1.16. The Morgan fingerprint density at radius 2 is 1.54 bits per heavy atom. The first kappa shape index (κ1) is 34.4. The van der Waals surface area contributed by atoms with Crippen LogP contribution in [0.25, 0.3) is 11.1 Å². The fraction of sp³-hybridized carbons (Fsp3) is 0.432. The van der Waals surface area contributed by atoms with Crippen LogP contribution in [0, 0.1) is 5.92 Å². The number of carbonyl (C=O) groups is 2. The first-order valence-electron chi connectivity index (χ1n) is 16.3. The lowest BCUT2D eigenvalue weighted by Crippen LogP contribution is -2.54. The van der Waals surface area contributed by atoms with Gasteiger partial charge in [-0.2, -0.15) is 0 Å². The van der Waals surface area contributed by atoms with Crippen molar-refractivity contribution in [1.29, 1.82) is 0 Å². The zero-order valence-corrected chi connectivity index (χ0v) is 28.8. The van der Waals surface area contributed by atoms with Crippen LogP contribution < -0.4 is 39.9 Å². The van der Waals surface area contributed by atoms with Crippen molar-refractivity contribution in [3.8, 4) is 34.1 Å². The Kier molecular flexibility index (Phi) is 10.7. The molecule has 0 radical (unpaired) electrons. The van der Waals surface area contributed by atoms with Crippen molar-refractivity contribution in [1.82, 2.24) is 10.2 Å². The highest BCUT2D eigenvalue weighted by Crippen LogP contribution is 2.50. The van der Waals surface area contributed by atoms with Gasteiger partial charge in [-0.25, -0.2) is 0 Å². The largest absolute Gasteiger partial charge is 0.497 e. The number of nitrogens with zero attached hydrogens (tertiary/aromatic N) is 2. The first-order valence-corrected chi connectivity index (χ1v) is 16.3. The molecule has 256 valence electrons. The Morgan fingerprint density at radius 1 is 0.854 bits per heavy atom. The number of hydrogen-bond acceptors (Lipinski definition) is 9. The molecule has 3 aromatic rings. The third-order valence-electron chi connectivity index (χ3n) is 9.19. The molecule has 11 heteroatoms. The van der Waals surface area contributed by atoms with Crippen LogP contribution in [0.5, 0.6) is 23.0 Å². The third kappa shape index (κ3) is 7.00. The van der Waals surface area contributed by atoms with Crippen LogP contribution in [0.1, 0.15) is 44.4 Å². The zero-order valence-electron chi connectivity index (χ0n) is 28.8. The van der Waals surface area contributed by atoms with Gasteiger partial charge in [-0.1, -0.05) is 19.9 Å².